The molecule has 0 atom stereocenters. The molecule has 0 saturated heterocycles. The normalized spacial score (nSPS) is 10.1. The molecule has 1 aromatic carbocycles. The van der Waals surface area contributed by atoms with E-state index in [4.69, 9.17) is 5.11 Å². The molecule has 2 rings (SSSR count). The number of pyridine rings is 1. The first-order valence-corrected chi connectivity index (χ1v) is 6.65. The van der Waals surface area contributed by atoms with E-state index < -0.39 is 5.97 Å². The number of rotatable bonds is 5. The van der Waals surface area contributed by atoms with Crippen molar-refractivity contribution in [1.82, 2.24) is 10.3 Å². The molecular formula is C16H16N2O3. The molecule has 0 saturated carbocycles. The highest BCUT2D eigenvalue weighted by molar-refractivity contribution is 5.95. The fraction of sp³-hybridized carbons (Fsp3) is 0.188. The number of hydrogen-bond acceptors (Lipinski definition) is 3. The largest absolute Gasteiger partial charge is 0.481 e. The molecule has 0 bridgehead atoms. The van der Waals surface area contributed by atoms with Crippen LogP contribution in [0.2, 0.25) is 0 Å². The van der Waals surface area contributed by atoms with Crippen LogP contribution in [0.1, 0.15) is 22.8 Å². The Morgan fingerprint density at radius 2 is 1.90 bits per heavy atom. The molecule has 2 aromatic rings. The van der Waals surface area contributed by atoms with E-state index >= 15 is 0 Å². The zero-order valence-corrected chi connectivity index (χ0v) is 11.7. The second-order valence-electron chi connectivity index (χ2n) is 4.56. The number of carboxylic acids is 1. The summed E-state index contributed by atoms with van der Waals surface area (Å²) < 4.78 is 0. The van der Waals surface area contributed by atoms with Gasteiger partial charge in [-0.2, -0.15) is 0 Å². The first kappa shape index (κ1) is 14.7. The number of amides is 1. The molecule has 1 aromatic heterocycles. The van der Waals surface area contributed by atoms with E-state index in [0.717, 1.165) is 11.1 Å². The molecule has 2 N–H and O–H groups in total. The minimum Gasteiger partial charge on any atom is -0.481 e. The van der Waals surface area contributed by atoms with E-state index in [2.05, 4.69) is 10.3 Å². The van der Waals surface area contributed by atoms with Crippen molar-refractivity contribution in [3.05, 3.63) is 53.7 Å². The average Bonchev–Trinajstić information content (AvgIpc) is 2.48. The first-order chi connectivity index (χ1) is 10.1. The van der Waals surface area contributed by atoms with Crippen molar-refractivity contribution in [3.8, 4) is 11.3 Å². The number of aromatic nitrogens is 1. The molecule has 5 heteroatoms. The predicted molar refractivity (Wildman–Crippen MR) is 79.0 cm³/mol. The fourth-order valence-electron chi connectivity index (χ4n) is 1.96. The van der Waals surface area contributed by atoms with Gasteiger partial charge in [-0.05, 0) is 24.6 Å². The lowest BCUT2D eigenvalue weighted by Crippen LogP contribution is -2.22. The monoisotopic (exact) mass is 284 g/mol. The van der Waals surface area contributed by atoms with Gasteiger partial charge in [0.25, 0.3) is 5.91 Å². The van der Waals surface area contributed by atoms with Gasteiger partial charge in [0.15, 0.2) is 0 Å². The summed E-state index contributed by atoms with van der Waals surface area (Å²) in [5.41, 5.74) is 2.80. The Morgan fingerprint density at radius 3 is 2.52 bits per heavy atom. The van der Waals surface area contributed by atoms with Crippen LogP contribution in [0.4, 0.5) is 0 Å². The molecule has 0 aliphatic carbocycles. The smallest absolute Gasteiger partial charge is 0.307 e. The van der Waals surface area contributed by atoms with Crippen molar-refractivity contribution in [3.63, 3.8) is 0 Å². The van der Waals surface area contributed by atoms with Crippen molar-refractivity contribution in [2.75, 3.05) is 6.54 Å². The van der Waals surface area contributed by atoms with Crippen LogP contribution in [0.25, 0.3) is 11.3 Å². The van der Waals surface area contributed by atoms with Crippen molar-refractivity contribution >= 4 is 11.9 Å². The third kappa shape index (κ3) is 3.89. The Hall–Kier alpha value is -2.69. The van der Waals surface area contributed by atoms with Gasteiger partial charge >= 0.3 is 5.97 Å². The number of benzene rings is 1. The summed E-state index contributed by atoms with van der Waals surface area (Å²) in [6.45, 7) is 2.43. The summed E-state index contributed by atoms with van der Waals surface area (Å²) >= 11 is 0. The van der Waals surface area contributed by atoms with Gasteiger partial charge < -0.3 is 10.4 Å². The number of nitrogens with zero attached hydrogens (tertiary/aromatic N) is 1. The number of aliphatic carboxylic acids is 1. The van der Waals surface area contributed by atoms with Crippen LogP contribution >= 0.6 is 0 Å². The van der Waals surface area contributed by atoms with Gasteiger partial charge in [0.05, 0.1) is 12.1 Å². The van der Waals surface area contributed by atoms with Gasteiger partial charge in [-0.15, -0.1) is 0 Å². The van der Waals surface area contributed by atoms with Gasteiger partial charge in [-0.1, -0.05) is 24.3 Å². The lowest BCUT2D eigenvalue weighted by molar-refractivity contribution is -0.136. The lowest BCUT2D eigenvalue weighted by Gasteiger charge is -2.06. The van der Waals surface area contributed by atoms with Crippen LogP contribution in [0.5, 0.6) is 0 Å². The van der Waals surface area contributed by atoms with Crippen molar-refractivity contribution in [2.24, 2.45) is 0 Å². The van der Waals surface area contributed by atoms with Gasteiger partial charge in [0.1, 0.15) is 0 Å². The molecule has 0 radical (unpaired) electrons. The SMILES string of the molecule is CCNC(=O)c1ccnc(-c2ccc(CC(=O)O)cc2)c1. The number of carboxylic acid groups (broad SMARTS) is 1. The number of carbonyl (C=O) groups is 2. The number of nitrogens with one attached hydrogen (secondary N) is 1. The van der Waals surface area contributed by atoms with Gasteiger partial charge in [-0.25, -0.2) is 0 Å². The summed E-state index contributed by atoms with van der Waals surface area (Å²) in [6, 6.07) is 10.5. The number of carbonyl (C=O) groups excluding carboxylic acids is 1. The molecule has 0 spiro atoms. The van der Waals surface area contributed by atoms with Crippen LogP contribution in [0, 0.1) is 0 Å². The lowest BCUT2D eigenvalue weighted by atomic mass is 10.1. The standard InChI is InChI=1S/C16H16N2O3/c1-2-17-16(21)13-7-8-18-14(10-13)12-5-3-11(4-6-12)9-15(19)20/h3-8,10H,2,9H2,1H3,(H,17,21)(H,19,20). The van der Waals surface area contributed by atoms with Gasteiger partial charge in [0.2, 0.25) is 0 Å². The second kappa shape index (κ2) is 6.65. The number of hydrogen-bond donors (Lipinski definition) is 2. The Kier molecular flexibility index (Phi) is 4.66. The minimum atomic E-state index is -0.862. The van der Waals surface area contributed by atoms with E-state index in [9.17, 15) is 9.59 Å². The Labute approximate surface area is 122 Å². The molecule has 0 aliphatic rings. The first-order valence-electron chi connectivity index (χ1n) is 6.65. The third-order valence-electron chi connectivity index (χ3n) is 2.96. The molecule has 0 fully saturated rings. The zero-order valence-electron chi connectivity index (χ0n) is 11.7. The van der Waals surface area contributed by atoms with Crippen LogP contribution in [0.15, 0.2) is 42.6 Å². The Balaban J connectivity index is 2.23. The van der Waals surface area contributed by atoms with E-state index in [-0.39, 0.29) is 12.3 Å². The maximum absolute atomic E-state index is 11.8. The Bertz CT molecular complexity index is 651. The van der Waals surface area contributed by atoms with E-state index in [1.54, 1.807) is 30.5 Å². The summed E-state index contributed by atoms with van der Waals surface area (Å²) in [4.78, 5) is 26.7. The van der Waals surface area contributed by atoms with E-state index in [0.29, 0.717) is 17.8 Å². The molecule has 0 unspecified atom stereocenters. The zero-order chi connectivity index (χ0) is 15.2. The van der Waals surface area contributed by atoms with Crippen LogP contribution in [-0.2, 0) is 11.2 Å². The quantitative estimate of drug-likeness (QED) is 0.881. The highest BCUT2D eigenvalue weighted by Gasteiger charge is 2.07. The van der Waals surface area contributed by atoms with Crippen molar-refractivity contribution in [1.29, 1.82) is 0 Å². The fourth-order valence-corrected chi connectivity index (χ4v) is 1.96. The third-order valence-corrected chi connectivity index (χ3v) is 2.96. The van der Waals surface area contributed by atoms with Gasteiger partial charge in [0, 0.05) is 23.9 Å². The molecule has 5 nitrogen and oxygen atoms in total. The van der Waals surface area contributed by atoms with Crippen LogP contribution in [-0.4, -0.2) is 28.5 Å². The predicted octanol–water partition coefficient (Wildman–Crippen LogP) is 2.13. The van der Waals surface area contributed by atoms with Crippen LogP contribution in [0.3, 0.4) is 0 Å². The van der Waals surface area contributed by atoms with E-state index in [1.165, 1.54) is 0 Å². The highest BCUT2D eigenvalue weighted by atomic mass is 16.4. The summed E-state index contributed by atoms with van der Waals surface area (Å²) in [6.07, 6.45) is 1.58. The van der Waals surface area contributed by atoms with Crippen molar-refractivity contribution in [2.45, 2.75) is 13.3 Å². The minimum absolute atomic E-state index is 0.00729. The van der Waals surface area contributed by atoms with Gasteiger partial charge in [-0.3, -0.25) is 14.6 Å². The highest BCUT2D eigenvalue weighted by Crippen LogP contribution is 2.19. The summed E-state index contributed by atoms with van der Waals surface area (Å²) in [7, 11) is 0. The maximum atomic E-state index is 11.8. The summed E-state index contributed by atoms with van der Waals surface area (Å²) in [5, 5.41) is 11.5. The molecule has 21 heavy (non-hydrogen) atoms. The molecule has 108 valence electrons. The molecule has 1 heterocycles. The van der Waals surface area contributed by atoms with Crippen molar-refractivity contribution < 1.29 is 14.7 Å². The molecule has 1 amide bonds. The summed E-state index contributed by atoms with van der Waals surface area (Å²) in [5.74, 6) is -0.997. The topological polar surface area (TPSA) is 79.3 Å². The Morgan fingerprint density at radius 1 is 1.19 bits per heavy atom. The van der Waals surface area contributed by atoms with E-state index in [1.807, 2.05) is 19.1 Å². The molecule has 0 aliphatic heterocycles. The average molecular weight is 284 g/mol. The van der Waals surface area contributed by atoms with Crippen LogP contribution < -0.4 is 5.32 Å². The molecular weight excluding hydrogens is 268 g/mol. The maximum Gasteiger partial charge on any atom is 0.307 e. The second-order valence-corrected chi connectivity index (χ2v) is 4.56.